The summed E-state index contributed by atoms with van der Waals surface area (Å²) < 4.78 is 10.4. The first-order valence-electron chi connectivity index (χ1n) is 8.78. The summed E-state index contributed by atoms with van der Waals surface area (Å²) in [6.45, 7) is 3.45. The Balaban J connectivity index is 1.77. The molecule has 0 heterocycles. The van der Waals surface area contributed by atoms with Crippen molar-refractivity contribution in [2.45, 2.75) is 32.7 Å². The van der Waals surface area contributed by atoms with Crippen LogP contribution in [-0.4, -0.2) is 25.1 Å². The maximum atomic E-state index is 12.1. The van der Waals surface area contributed by atoms with E-state index in [4.69, 9.17) is 9.47 Å². The number of aryl methyl sites for hydroxylation is 1. The van der Waals surface area contributed by atoms with Crippen molar-refractivity contribution in [2.75, 3.05) is 13.2 Å². The van der Waals surface area contributed by atoms with Gasteiger partial charge in [0.1, 0.15) is 5.75 Å². The fraction of sp³-hybridized carbons (Fsp3) is 0.333. The van der Waals surface area contributed by atoms with Gasteiger partial charge in [-0.15, -0.1) is 0 Å². The quantitative estimate of drug-likeness (QED) is 0.699. The number of nitrogens with one attached hydrogen (secondary N) is 1. The zero-order valence-electron chi connectivity index (χ0n) is 15.2. The molecule has 0 aliphatic carbocycles. The number of rotatable bonds is 9. The number of carbonyl (C=O) groups excluding carboxylic acids is 2. The maximum absolute atomic E-state index is 12.1. The molecule has 1 unspecified atom stereocenters. The van der Waals surface area contributed by atoms with Crippen LogP contribution in [0.2, 0.25) is 0 Å². The molecule has 2 aromatic carbocycles. The van der Waals surface area contributed by atoms with Crippen LogP contribution in [0.4, 0.5) is 0 Å². The Bertz CT molecular complexity index is 715. The van der Waals surface area contributed by atoms with E-state index in [2.05, 4.69) is 12.2 Å². The molecule has 1 amide bonds. The molecule has 0 saturated heterocycles. The summed E-state index contributed by atoms with van der Waals surface area (Å²) in [7, 11) is 0. The van der Waals surface area contributed by atoms with Crippen LogP contribution < -0.4 is 10.1 Å². The summed E-state index contributed by atoms with van der Waals surface area (Å²) in [6.07, 6.45) is 1.75. The van der Waals surface area contributed by atoms with Gasteiger partial charge in [-0.1, -0.05) is 55.8 Å². The van der Waals surface area contributed by atoms with Gasteiger partial charge < -0.3 is 14.8 Å². The van der Waals surface area contributed by atoms with Crippen LogP contribution in [0.3, 0.4) is 0 Å². The molecule has 138 valence electrons. The van der Waals surface area contributed by atoms with Crippen LogP contribution in [0.15, 0.2) is 54.6 Å². The molecule has 0 spiro atoms. The molecular formula is C21H25NO4. The van der Waals surface area contributed by atoms with Gasteiger partial charge in [0.05, 0.1) is 6.04 Å². The van der Waals surface area contributed by atoms with Crippen molar-refractivity contribution in [1.29, 1.82) is 0 Å². The van der Waals surface area contributed by atoms with E-state index in [1.807, 2.05) is 55.5 Å². The van der Waals surface area contributed by atoms with Crippen LogP contribution in [0.25, 0.3) is 0 Å². The lowest BCUT2D eigenvalue weighted by molar-refractivity contribution is -0.150. The normalized spacial score (nSPS) is 11.5. The highest BCUT2D eigenvalue weighted by Gasteiger charge is 2.15. The number of amides is 1. The molecule has 5 heteroatoms. The summed E-state index contributed by atoms with van der Waals surface area (Å²) in [5.74, 6) is -0.303. The van der Waals surface area contributed by atoms with Crippen LogP contribution in [0.5, 0.6) is 5.75 Å². The number of carbonyl (C=O) groups is 2. The van der Waals surface area contributed by atoms with Crippen molar-refractivity contribution in [3.8, 4) is 5.75 Å². The Morgan fingerprint density at radius 3 is 2.50 bits per heavy atom. The van der Waals surface area contributed by atoms with Gasteiger partial charge in [0.2, 0.25) is 0 Å². The van der Waals surface area contributed by atoms with Crippen molar-refractivity contribution in [3.05, 3.63) is 65.7 Å². The number of esters is 1. The minimum atomic E-state index is -0.576. The van der Waals surface area contributed by atoms with Gasteiger partial charge in [-0.2, -0.15) is 0 Å². The molecule has 0 fully saturated rings. The van der Waals surface area contributed by atoms with Gasteiger partial charge in [0.15, 0.2) is 13.2 Å². The first kappa shape index (κ1) is 19.5. The number of benzene rings is 2. The minimum absolute atomic E-state index is 0.0871. The average Bonchev–Trinajstić information content (AvgIpc) is 2.65. The zero-order chi connectivity index (χ0) is 18.8. The first-order chi connectivity index (χ1) is 12.6. The van der Waals surface area contributed by atoms with E-state index in [0.29, 0.717) is 5.75 Å². The van der Waals surface area contributed by atoms with Gasteiger partial charge >= 0.3 is 5.97 Å². The van der Waals surface area contributed by atoms with Gasteiger partial charge in [-0.05, 0) is 36.6 Å². The van der Waals surface area contributed by atoms with Gasteiger partial charge in [0.25, 0.3) is 5.91 Å². The molecule has 0 aromatic heterocycles. The van der Waals surface area contributed by atoms with E-state index in [1.54, 1.807) is 6.07 Å². The Labute approximate surface area is 154 Å². The van der Waals surface area contributed by atoms with Crippen LogP contribution in [0.1, 0.15) is 36.9 Å². The van der Waals surface area contributed by atoms with Gasteiger partial charge in [0, 0.05) is 0 Å². The third kappa shape index (κ3) is 6.59. The van der Waals surface area contributed by atoms with Crippen molar-refractivity contribution in [3.63, 3.8) is 0 Å². The lowest BCUT2D eigenvalue weighted by atomic mass is 10.0. The number of hydrogen-bond donors (Lipinski definition) is 1. The summed E-state index contributed by atoms with van der Waals surface area (Å²) in [5, 5.41) is 2.91. The Morgan fingerprint density at radius 1 is 1.04 bits per heavy atom. The highest BCUT2D eigenvalue weighted by atomic mass is 16.6. The molecule has 0 aliphatic rings. The van der Waals surface area contributed by atoms with Gasteiger partial charge in [-0.3, -0.25) is 4.79 Å². The fourth-order valence-electron chi connectivity index (χ4n) is 2.57. The monoisotopic (exact) mass is 355 g/mol. The molecule has 1 atom stereocenters. The van der Waals surface area contributed by atoms with Crippen LogP contribution in [0, 0.1) is 6.92 Å². The molecule has 5 nitrogen and oxygen atoms in total. The van der Waals surface area contributed by atoms with Gasteiger partial charge in [-0.25, -0.2) is 4.79 Å². The summed E-state index contributed by atoms with van der Waals surface area (Å²) in [5.41, 5.74) is 2.08. The number of hydrogen-bond acceptors (Lipinski definition) is 4. The molecule has 26 heavy (non-hydrogen) atoms. The topological polar surface area (TPSA) is 64.6 Å². The third-order valence-corrected chi connectivity index (χ3v) is 3.82. The molecule has 2 rings (SSSR count). The van der Waals surface area contributed by atoms with Crippen molar-refractivity contribution in [2.24, 2.45) is 0 Å². The molecule has 0 bridgehead atoms. The summed E-state index contributed by atoms with van der Waals surface area (Å²) in [6, 6.07) is 17.1. The zero-order valence-corrected chi connectivity index (χ0v) is 15.2. The Hall–Kier alpha value is -2.82. The van der Waals surface area contributed by atoms with E-state index in [-0.39, 0.29) is 25.2 Å². The van der Waals surface area contributed by atoms with E-state index in [1.165, 1.54) is 0 Å². The van der Waals surface area contributed by atoms with E-state index in [0.717, 1.165) is 24.0 Å². The van der Waals surface area contributed by atoms with Crippen LogP contribution >= 0.6 is 0 Å². The van der Waals surface area contributed by atoms with E-state index >= 15 is 0 Å². The summed E-state index contributed by atoms with van der Waals surface area (Å²) in [4.78, 5) is 23.9. The maximum Gasteiger partial charge on any atom is 0.344 e. The molecule has 0 saturated carbocycles. The van der Waals surface area contributed by atoms with E-state index < -0.39 is 5.97 Å². The predicted molar refractivity (Wildman–Crippen MR) is 99.9 cm³/mol. The molecule has 0 radical (unpaired) electrons. The van der Waals surface area contributed by atoms with E-state index in [9.17, 15) is 9.59 Å². The van der Waals surface area contributed by atoms with Crippen LogP contribution in [-0.2, 0) is 14.3 Å². The number of ether oxygens (including phenoxy) is 2. The molecule has 2 aromatic rings. The standard InChI is InChI=1S/C21H25NO4/c1-3-8-19(17-10-5-4-6-11-17)22-20(23)14-26-21(24)15-25-18-12-7-9-16(2)13-18/h4-7,9-13,19H,3,8,14-15H2,1-2H3,(H,22,23). The highest BCUT2D eigenvalue weighted by Crippen LogP contribution is 2.18. The third-order valence-electron chi connectivity index (χ3n) is 3.82. The lowest BCUT2D eigenvalue weighted by Crippen LogP contribution is -2.33. The summed E-state index contributed by atoms with van der Waals surface area (Å²) >= 11 is 0. The highest BCUT2D eigenvalue weighted by molar-refractivity contribution is 5.81. The minimum Gasteiger partial charge on any atom is -0.482 e. The van der Waals surface area contributed by atoms with Crippen molar-refractivity contribution >= 4 is 11.9 Å². The second-order valence-corrected chi connectivity index (χ2v) is 6.09. The molecular weight excluding hydrogens is 330 g/mol. The largest absolute Gasteiger partial charge is 0.482 e. The fourth-order valence-corrected chi connectivity index (χ4v) is 2.57. The van der Waals surface area contributed by atoms with Crippen molar-refractivity contribution < 1.29 is 19.1 Å². The average molecular weight is 355 g/mol. The molecule has 1 N–H and O–H groups in total. The predicted octanol–water partition coefficient (Wildman–Crippen LogP) is 3.57. The Kier molecular flexibility index (Phi) is 7.68. The Morgan fingerprint density at radius 2 is 1.81 bits per heavy atom. The smallest absolute Gasteiger partial charge is 0.344 e. The second-order valence-electron chi connectivity index (χ2n) is 6.09. The first-order valence-corrected chi connectivity index (χ1v) is 8.78. The second kappa shape index (κ2) is 10.2. The molecule has 0 aliphatic heterocycles. The SMILES string of the molecule is CCCC(NC(=O)COC(=O)COc1cccc(C)c1)c1ccccc1. The van der Waals surface area contributed by atoms with Crippen molar-refractivity contribution in [1.82, 2.24) is 5.32 Å². The lowest BCUT2D eigenvalue weighted by Gasteiger charge is -2.18.